The number of likely N-dealkylation sites (N-methyl/N-ethyl adjacent to an activating group) is 1. The summed E-state index contributed by atoms with van der Waals surface area (Å²) >= 11 is 0. The smallest absolute Gasteiger partial charge is 0.0195 e. The highest BCUT2D eigenvalue weighted by Gasteiger charge is 2.32. The zero-order valence-electron chi connectivity index (χ0n) is 14.2. The van der Waals surface area contributed by atoms with Crippen molar-refractivity contribution in [3.8, 4) is 0 Å². The molecule has 20 heavy (non-hydrogen) atoms. The van der Waals surface area contributed by atoms with E-state index in [4.69, 9.17) is 0 Å². The summed E-state index contributed by atoms with van der Waals surface area (Å²) in [5.41, 5.74) is 0. The number of nitrogens with one attached hydrogen (secondary N) is 1. The third-order valence-electron chi connectivity index (χ3n) is 5.64. The van der Waals surface area contributed by atoms with E-state index in [2.05, 4.69) is 49.9 Å². The first-order valence-corrected chi connectivity index (χ1v) is 8.68. The van der Waals surface area contributed by atoms with Gasteiger partial charge in [0.25, 0.3) is 0 Å². The van der Waals surface area contributed by atoms with Gasteiger partial charge in [0.1, 0.15) is 0 Å². The third kappa shape index (κ3) is 3.96. The first-order chi connectivity index (χ1) is 9.51. The zero-order chi connectivity index (χ0) is 14.7. The fourth-order valence-corrected chi connectivity index (χ4v) is 4.23. The molecule has 1 aliphatic heterocycles. The highest BCUT2D eigenvalue weighted by atomic mass is 15.3. The Bertz CT molecular complexity index is 282. The average Bonchev–Trinajstić information content (AvgIpc) is 2.39. The number of piperazine rings is 1. The summed E-state index contributed by atoms with van der Waals surface area (Å²) in [5, 5.41) is 3.74. The summed E-state index contributed by atoms with van der Waals surface area (Å²) in [6, 6.07) is 2.14. The van der Waals surface area contributed by atoms with E-state index >= 15 is 0 Å². The largest absolute Gasteiger partial charge is 0.314 e. The van der Waals surface area contributed by atoms with Gasteiger partial charge in [-0.05, 0) is 58.5 Å². The highest BCUT2D eigenvalue weighted by molar-refractivity contribution is 4.89. The molecule has 1 aliphatic carbocycles. The lowest BCUT2D eigenvalue weighted by Gasteiger charge is -2.45. The molecule has 0 radical (unpaired) electrons. The van der Waals surface area contributed by atoms with Gasteiger partial charge < -0.3 is 5.32 Å². The van der Waals surface area contributed by atoms with Crippen molar-refractivity contribution in [1.82, 2.24) is 15.1 Å². The number of hydrogen-bond acceptors (Lipinski definition) is 3. The van der Waals surface area contributed by atoms with E-state index < -0.39 is 0 Å². The molecule has 2 aliphatic rings. The molecule has 1 N–H and O–H groups in total. The Labute approximate surface area is 126 Å². The van der Waals surface area contributed by atoms with E-state index in [-0.39, 0.29) is 0 Å². The molecule has 2 rings (SSSR count). The van der Waals surface area contributed by atoms with Crippen LogP contribution in [0.15, 0.2) is 0 Å². The molecule has 0 amide bonds. The van der Waals surface area contributed by atoms with E-state index in [0.29, 0.717) is 12.1 Å². The minimum absolute atomic E-state index is 0.692. The predicted octanol–water partition coefficient (Wildman–Crippen LogP) is 2.43. The molecule has 5 unspecified atom stereocenters. The van der Waals surface area contributed by atoms with Gasteiger partial charge in [-0.25, -0.2) is 0 Å². The van der Waals surface area contributed by atoms with E-state index in [1.807, 2.05) is 0 Å². The lowest BCUT2D eigenvalue weighted by molar-refractivity contribution is 0.0384. The SMILES string of the molecule is CCNC1CCC(C)CC1CN1CC(C)N(C)C(C)C1. The van der Waals surface area contributed by atoms with Crippen molar-refractivity contribution in [2.45, 2.75) is 65.1 Å². The van der Waals surface area contributed by atoms with Crippen LogP contribution in [-0.4, -0.2) is 61.2 Å². The van der Waals surface area contributed by atoms with Gasteiger partial charge in [-0.15, -0.1) is 0 Å². The van der Waals surface area contributed by atoms with E-state index in [9.17, 15) is 0 Å². The minimum Gasteiger partial charge on any atom is -0.314 e. The van der Waals surface area contributed by atoms with Crippen molar-refractivity contribution in [3.05, 3.63) is 0 Å². The Morgan fingerprint density at radius 2 is 1.70 bits per heavy atom. The fourth-order valence-electron chi connectivity index (χ4n) is 4.23. The van der Waals surface area contributed by atoms with Crippen LogP contribution in [0.25, 0.3) is 0 Å². The normalized spacial score (nSPS) is 41.0. The Morgan fingerprint density at radius 1 is 1.05 bits per heavy atom. The Morgan fingerprint density at radius 3 is 2.30 bits per heavy atom. The van der Waals surface area contributed by atoms with Crippen molar-refractivity contribution >= 4 is 0 Å². The fraction of sp³-hybridized carbons (Fsp3) is 1.00. The third-order valence-corrected chi connectivity index (χ3v) is 5.64. The van der Waals surface area contributed by atoms with Crippen LogP contribution in [0, 0.1) is 11.8 Å². The van der Waals surface area contributed by atoms with Crippen LogP contribution in [0.2, 0.25) is 0 Å². The van der Waals surface area contributed by atoms with Crippen LogP contribution in [-0.2, 0) is 0 Å². The second-order valence-electron chi connectivity index (χ2n) is 7.42. The van der Waals surface area contributed by atoms with Crippen LogP contribution >= 0.6 is 0 Å². The molecule has 0 aromatic heterocycles. The maximum Gasteiger partial charge on any atom is 0.0195 e. The predicted molar refractivity (Wildman–Crippen MR) is 87.1 cm³/mol. The van der Waals surface area contributed by atoms with Crippen molar-refractivity contribution in [2.75, 3.05) is 33.2 Å². The van der Waals surface area contributed by atoms with E-state index in [0.717, 1.165) is 24.4 Å². The van der Waals surface area contributed by atoms with Crippen LogP contribution in [0.5, 0.6) is 0 Å². The topological polar surface area (TPSA) is 18.5 Å². The summed E-state index contributed by atoms with van der Waals surface area (Å²) < 4.78 is 0. The zero-order valence-corrected chi connectivity index (χ0v) is 14.2. The molecular weight excluding hydrogens is 246 g/mol. The van der Waals surface area contributed by atoms with Crippen molar-refractivity contribution < 1.29 is 0 Å². The Balaban J connectivity index is 1.92. The molecule has 118 valence electrons. The monoisotopic (exact) mass is 281 g/mol. The lowest BCUT2D eigenvalue weighted by Crippen LogP contribution is -2.57. The van der Waals surface area contributed by atoms with Gasteiger partial charge in [-0.2, -0.15) is 0 Å². The minimum atomic E-state index is 0.692. The molecule has 1 saturated heterocycles. The van der Waals surface area contributed by atoms with Gasteiger partial charge in [0.2, 0.25) is 0 Å². The quantitative estimate of drug-likeness (QED) is 0.854. The second-order valence-corrected chi connectivity index (χ2v) is 7.42. The maximum atomic E-state index is 3.74. The molecule has 1 saturated carbocycles. The summed E-state index contributed by atoms with van der Waals surface area (Å²) in [4.78, 5) is 5.25. The van der Waals surface area contributed by atoms with Gasteiger partial charge >= 0.3 is 0 Å². The van der Waals surface area contributed by atoms with Crippen LogP contribution in [0.4, 0.5) is 0 Å². The molecule has 1 heterocycles. The van der Waals surface area contributed by atoms with Gasteiger partial charge in [0.15, 0.2) is 0 Å². The lowest BCUT2D eigenvalue weighted by atomic mass is 9.78. The van der Waals surface area contributed by atoms with Gasteiger partial charge in [0, 0.05) is 37.8 Å². The van der Waals surface area contributed by atoms with Crippen molar-refractivity contribution in [1.29, 1.82) is 0 Å². The molecule has 2 fully saturated rings. The summed E-state index contributed by atoms with van der Waals surface area (Å²) in [6.07, 6.45) is 4.19. The first kappa shape index (κ1) is 16.3. The molecule has 0 spiro atoms. The first-order valence-electron chi connectivity index (χ1n) is 8.68. The van der Waals surface area contributed by atoms with Crippen molar-refractivity contribution in [2.24, 2.45) is 11.8 Å². The van der Waals surface area contributed by atoms with E-state index in [1.165, 1.54) is 38.9 Å². The van der Waals surface area contributed by atoms with Crippen LogP contribution < -0.4 is 5.32 Å². The maximum absolute atomic E-state index is 3.74. The molecule has 0 aromatic rings. The molecule has 0 bridgehead atoms. The molecule has 3 heteroatoms. The molecule has 0 aromatic carbocycles. The van der Waals surface area contributed by atoms with Gasteiger partial charge in [-0.1, -0.05) is 13.8 Å². The number of rotatable bonds is 4. The number of hydrogen-bond donors (Lipinski definition) is 1. The summed E-state index contributed by atoms with van der Waals surface area (Å²) in [7, 11) is 2.27. The van der Waals surface area contributed by atoms with Crippen LogP contribution in [0.3, 0.4) is 0 Å². The Kier molecular flexibility index (Phi) is 5.88. The summed E-state index contributed by atoms with van der Waals surface area (Å²) in [5.74, 6) is 1.76. The van der Waals surface area contributed by atoms with Gasteiger partial charge in [-0.3, -0.25) is 9.80 Å². The molecular formula is C17H35N3. The highest BCUT2D eigenvalue weighted by Crippen LogP contribution is 2.30. The second kappa shape index (κ2) is 7.24. The molecule has 3 nitrogen and oxygen atoms in total. The Hall–Kier alpha value is -0.120. The van der Waals surface area contributed by atoms with Gasteiger partial charge in [0.05, 0.1) is 0 Å². The van der Waals surface area contributed by atoms with E-state index in [1.54, 1.807) is 0 Å². The number of nitrogens with zero attached hydrogens (tertiary/aromatic N) is 2. The van der Waals surface area contributed by atoms with Crippen molar-refractivity contribution in [3.63, 3.8) is 0 Å². The van der Waals surface area contributed by atoms with Crippen LogP contribution in [0.1, 0.15) is 47.0 Å². The standard InChI is InChI=1S/C17H35N3/c1-6-18-17-8-7-13(2)9-16(17)12-20-10-14(3)19(5)15(4)11-20/h13-18H,6-12H2,1-5H3. The summed E-state index contributed by atoms with van der Waals surface area (Å²) in [6.45, 7) is 14.3. The average molecular weight is 281 g/mol. The molecule has 5 atom stereocenters.